The highest BCUT2D eigenvalue weighted by atomic mass is 16.2. The third-order valence-electron chi connectivity index (χ3n) is 7.71. The number of amides is 1. The van der Waals surface area contributed by atoms with Crippen molar-refractivity contribution < 1.29 is 4.79 Å². The fourth-order valence-corrected chi connectivity index (χ4v) is 5.71. The Hall–Kier alpha value is -3.46. The maximum Gasteiger partial charge on any atom is 0.225 e. The molecule has 2 aliphatic rings. The number of rotatable bonds is 6. The van der Waals surface area contributed by atoms with Crippen LogP contribution in [0.2, 0.25) is 0 Å². The predicted octanol–water partition coefficient (Wildman–Crippen LogP) is 4.70. The molecule has 5 nitrogen and oxygen atoms in total. The van der Waals surface area contributed by atoms with Gasteiger partial charge in [0.25, 0.3) is 0 Å². The van der Waals surface area contributed by atoms with Crippen molar-refractivity contribution in [2.24, 2.45) is 5.92 Å². The van der Waals surface area contributed by atoms with Crippen LogP contribution in [-0.2, 0) is 11.3 Å². The zero-order valence-electron chi connectivity index (χ0n) is 20.7. The second-order valence-electron chi connectivity index (χ2n) is 9.95. The molecule has 2 N–H and O–H groups in total. The van der Waals surface area contributed by atoms with E-state index in [1.54, 1.807) is 0 Å². The molecule has 0 radical (unpaired) electrons. The second-order valence-corrected chi connectivity index (χ2v) is 9.95. The largest absolute Gasteiger partial charge is 0.342 e. The first kappa shape index (κ1) is 24.2. The summed E-state index contributed by atoms with van der Waals surface area (Å²) in [4.78, 5) is 15.4. The molecule has 0 aliphatic carbocycles. The summed E-state index contributed by atoms with van der Waals surface area (Å²) in [6, 6.07) is 29.4. The molecule has 0 aromatic heterocycles. The van der Waals surface area contributed by atoms with E-state index < -0.39 is 0 Å². The summed E-state index contributed by atoms with van der Waals surface area (Å²) in [6.45, 7) is 4.07. The Morgan fingerprint density at radius 1 is 0.972 bits per heavy atom. The maximum atomic E-state index is 13.3. The van der Waals surface area contributed by atoms with E-state index in [1.807, 2.05) is 36.4 Å². The summed E-state index contributed by atoms with van der Waals surface area (Å²) in [5.41, 5.74) is 5.37. The quantitative estimate of drug-likeness (QED) is 0.539. The minimum Gasteiger partial charge on any atom is -0.342 e. The summed E-state index contributed by atoms with van der Waals surface area (Å²) in [5.74, 6) is 0.697. The molecule has 2 saturated heterocycles. The van der Waals surface area contributed by atoms with Crippen molar-refractivity contribution in [1.82, 2.24) is 15.5 Å². The van der Waals surface area contributed by atoms with Crippen LogP contribution in [0, 0.1) is 17.2 Å². The van der Waals surface area contributed by atoms with Crippen molar-refractivity contribution >= 4 is 5.91 Å². The average molecular weight is 479 g/mol. The first-order chi connectivity index (χ1) is 17.7. The first-order valence-corrected chi connectivity index (χ1v) is 13.1. The molecule has 2 aliphatic heterocycles. The van der Waals surface area contributed by atoms with E-state index in [2.05, 4.69) is 64.1 Å². The van der Waals surface area contributed by atoms with E-state index in [1.165, 1.54) is 5.56 Å². The van der Waals surface area contributed by atoms with E-state index in [0.717, 1.165) is 62.1 Å². The number of benzene rings is 3. The second kappa shape index (κ2) is 11.5. The number of carbonyl (C=O) groups excluding carboxylic acids is 1. The monoisotopic (exact) mass is 478 g/mol. The molecule has 36 heavy (non-hydrogen) atoms. The van der Waals surface area contributed by atoms with Crippen molar-refractivity contribution in [2.75, 3.05) is 26.2 Å². The van der Waals surface area contributed by atoms with Crippen LogP contribution in [0.5, 0.6) is 0 Å². The smallest absolute Gasteiger partial charge is 0.225 e. The van der Waals surface area contributed by atoms with Gasteiger partial charge < -0.3 is 15.5 Å². The summed E-state index contributed by atoms with van der Waals surface area (Å²) in [5, 5.41) is 16.7. The molecule has 2 atom stereocenters. The van der Waals surface area contributed by atoms with E-state index >= 15 is 0 Å². The summed E-state index contributed by atoms with van der Waals surface area (Å²) >= 11 is 0. The van der Waals surface area contributed by atoms with E-state index in [-0.39, 0.29) is 17.9 Å². The summed E-state index contributed by atoms with van der Waals surface area (Å²) in [6.07, 6.45) is 2.78. The van der Waals surface area contributed by atoms with Crippen LogP contribution in [0.3, 0.4) is 0 Å². The molecule has 0 unspecified atom stereocenters. The molecule has 2 fully saturated rings. The van der Waals surface area contributed by atoms with Gasteiger partial charge in [-0.3, -0.25) is 4.79 Å². The number of hydrogen-bond acceptors (Lipinski definition) is 4. The lowest BCUT2D eigenvalue weighted by molar-refractivity contribution is -0.137. The molecule has 0 saturated carbocycles. The molecule has 0 spiro atoms. The molecular formula is C31H34N4O. The van der Waals surface area contributed by atoms with Gasteiger partial charge in [-0.05, 0) is 66.7 Å². The van der Waals surface area contributed by atoms with Crippen molar-refractivity contribution in [3.8, 4) is 17.2 Å². The molecule has 0 bridgehead atoms. The highest BCUT2D eigenvalue weighted by Gasteiger charge is 2.35. The highest BCUT2D eigenvalue weighted by Crippen LogP contribution is 2.31. The fourth-order valence-electron chi connectivity index (χ4n) is 5.71. The van der Waals surface area contributed by atoms with Gasteiger partial charge in [0.15, 0.2) is 0 Å². The van der Waals surface area contributed by atoms with Crippen LogP contribution in [0.4, 0.5) is 0 Å². The Balaban J connectivity index is 1.36. The minimum absolute atomic E-state index is 0.148. The van der Waals surface area contributed by atoms with Gasteiger partial charge in [-0.2, -0.15) is 5.26 Å². The Morgan fingerprint density at radius 3 is 2.42 bits per heavy atom. The van der Waals surface area contributed by atoms with Crippen LogP contribution >= 0.6 is 0 Å². The van der Waals surface area contributed by atoms with Crippen molar-refractivity contribution in [1.29, 1.82) is 5.26 Å². The number of hydrogen-bond donors (Lipinski definition) is 2. The lowest BCUT2D eigenvalue weighted by atomic mass is 9.84. The van der Waals surface area contributed by atoms with Gasteiger partial charge >= 0.3 is 0 Å². The molecule has 1 amide bonds. The molecule has 2 heterocycles. The lowest BCUT2D eigenvalue weighted by Gasteiger charge is -2.41. The summed E-state index contributed by atoms with van der Waals surface area (Å²) in [7, 11) is 0. The molecule has 5 heteroatoms. The Bertz CT molecular complexity index is 1200. The van der Waals surface area contributed by atoms with Crippen molar-refractivity contribution in [3.05, 3.63) is 95.6 Å². The number of carbonyl (C=O) groups is 1. The van der Waals surface area contributed by atoms with Crippen LogP contribution in [-0.4, -0.2) is 43.0 Å². The van der Waals surface area contributed by atoms with Crippen LogP contribution in [0.25, 0.3) is 11.1 Å². The maximum absolute atomic E-state index is 13.3. The Labute approximate surface area is 214 Å². The summed E-state index contributed by atoms with van der Waals surface area (Å²) < 4.78 is 0. The van der Waals surface area contributed by atoms with Crippen LogP contribution in [0.15, 0.2) is 78.9 Å². The average Bonchev–Trinajstić information content (AvgIpc) is 2.97. The minimum atomic E-state index is 0.148. The molecular weight excluding hydrogens is 444 g/mol. The predicted molar refractivity (Wildman–Crippen MR) is 143 cm³/mol. The molecule has 3 aromatic rings. The molecule has 5 rings (SSSR count). The van der Waals surface area contributed by atoms with Gasteiger partial charge in [0.05, 0.1) is 11.6 Å². The molecule has 184 valence electrons. The standard InChI is InChI=1S/C31H34N4O/c32-20-23-11-12-28(24-7-3-1-4-8-24)27(19-23)21-34-30-15-18-35(31(36)26-13-16-33-17-14-26)22-29(30)25-9-5-2-6-10-25/h1-12,19,26,29-30,33-34H,13-18,21-22H2/t29-,30-/m0/s1. The topological polar surface area (TPSA) is 68.2 Å². The molecule has 3 aromatic carbocycles. The van der Waals surface area contributed by atoms with Gasteiger partial charge in [-0.15, -0.1) is 0 Å². The van der Waals surface area contributed by atoms with Gasteiger partial charge in [-0.1, -0.05) is 66.7 Å². The van der Waals surface area contributed by atoms with Gasteiger partial charge in [0.1, 0.15) is 0 Å². The fraction of sp³-hybridized carbons (Fsp3) is 0.355. The highest BCUT2D eigenvalue weighted by molar-refractivity contribution is 5.79. The van der Waals surface area contributed by atoms with Crippen molar-refractivity contribution in [2.45, 2.75) is 37.8 Å². The van der Waals surface area contributed by atoms with E-state index in [9.17, 15) is 10.1 Å². The van der Waals surface area contributed by atoms with E-state index in [4.69, 9.17) is 0 Å². The number of likely N-dealkylation sites (tertiary alicyclic amines) is 1. The number of nitrogens with zero attached hydrogens (tertiary/aromatic N) is 2. The van der Waals surface area contributed by atoms with Crippen LogP contribution in [0.1, 0.15) is 41.9 Å². The van der Waals surface area contributed by atoms with Gasteiger partial charge in [0.2, 0.25) is 5.91 Å². The zero-order valence-corrected chi connectivity index (χ0v) is 20.7. The number of nitrogens with one attached hydrogen (secondary N) is 2. The normalized spacial score (nSPS) is 20.6. The van der Waals surface area contributed by atoms with E-state index in [0.29, 0.717) is 18.0 Å². The van der Waals surface area contributed by atoms with Gasteiger partial charge in [0, 0.05) is 37.5 Å². The first-order valence-electron chi connectivity index (χ1n) is 13.1. The van der Waals surface area contributed by atoms with Crippen LogP contribution < -0.4 is 10.6 Å². The number of piperidine rings is 2. The number of nitriles is 1. The zero-order chi connectivity index (χ0) is 24.7. The third-order valence-corrected chi connectivity index (χ3v) is 7.71. The Morgan fingerprint density at radius 2 is 1.69 bits per heavy atom. The Kier molecular flexibility index (Phi) is 7.76. The van der Waals surface area contributed by atoms with Crippen molar-refractivity contribution in [3.63, 3.8) is 0 Å². The third kappa shape index (κ3) is 5.51. The van der Waals surface area contributed by atoms with Gasteiger partial charge in [-0.25, -0.2) is 0 Å². The SMILES string of the molecule is N#Cc1ccc(-c2ccccc2)c(CN[C@H]2CCN(C(=O)C3CCNCC3)C[C@H]2c2ccccc2)c1. The lowest BCUT2D eigenvalue weighted by Crippen LogP contribution is -2.51.